The maximum Gasteiger partial charge on any atom is 0.228 e. The smallest absolute Gasteiger partial charge is 0.228 e. The summed E-state index contributed by atoms with van der Waals surface area (Å²) >= 11 is 0. The molecule has 0 aliphatic rings. The van der Waals surface area contributed by atoms with Crippen molar-refractivity contribution in [1.82, 2.24) is 0 Å². The summed E-state index contributed by atoms with van der Waals surface area (Å²) in [4.78, 5) is 0. The summed E-state index contributed by atoms with van der Waals surface area (Å²) in [5, 5.41) is 0. The minimum absolute atomic E-state index is 0.570. The van der Waals surface area contributed by atoms with Gasteiger partial charge >= 0.3 is 0 Å². The Labute approximate surface area is 77.3 Å². The van der Waals surface area contributed by atoms with Crippen LogP contribution in [0.5, 0.6) is 11.5 Å². The van der Waals surface area contributed by atoms with Gasteiger partial charge in [-0.2, -0.15) is 0 Å². The van der Waals surface area contributed by atoms with E-state index >= 15 is 0 Å². The molecule has 0 spiro atoms. The number of hydrogen-bond donors (Lipinski definition) is 0. The van der Waals surface area contributed by atoms with Gasteiger partial charge in [-0.25, -0.2) is 4.39 Å². The van der Waals surface area contributed by atoms with Gasteiger partial charge in [-0.1, -0.05) is 0 Å². The Hall–Kier alpha value is -1.25. The molecule has 2 nitrogen and oxygen atoms in total. The van der Waals surface area contributed by atoms with E-state index in [2.05, 4.69) is 0 Å². The summed E-state index contributed by atoms with van der Waals surface area (Å²) in [6.07, 6.45) is 0. The predicted octanol–water partition coefficient (Wildman–Crippen LogP) is 2.62. The first-order valence-electron chi connectivity index (χ1n) is 4.03. The van der Waals surface area contributed by atoms with Gasteiger partial charge in [0.25, 0.3) is 0 Å². The number of rotatable bonds is 3. The summed E-state index contributed by atoms with van der Waals surface area (Å²) in [7, 11) is 1.61. The zero-order valence-corrected chi connectivity index (χ0v) is 8.06. The molecule has 1 aromatic rings. The van der Waals surface area contributed by atoms with Crippen LogP contribution >= 0.6 is 0 Å². The Kier molecular flexibility index (Phi) is 3.12. The van der Waals surface area contributed by atoms with Crippen LogP contribution in [0.25, 0.3) is 0 Å². The van der Waals surface area contributed by atoms with Gasteiger partial charge in [0, 0.05) is 0 Å². The fraction of sp³-hybridized carbons (Fsp3) is 0.400. The maximum atomic E-state index is 11.9. The summed E-state index contributed by atoms with van der Waals surface area (Å²) < 4.78 is 21.8. The summed E-state index contributed by atoms with van der Waals surface area (Å²) in [6, 6.07) is 3.61. The molecule has 1 aromatic carbocycles. The molecule has 0 heterocycles. The molecule has 0 aromatic heterocycles. The number of alkyl halides is 1. The molecule has 0 amide bonds. The van der Waals surface area contributed by atoms with E-state index in [1.807, 2.05) is 19.9 Å². The number of methoxy groups -OCH3 is 1. The predicted molar refractivity (Wildman–Crippen MR) is 49.1 cm³/mol. The lowest BCUT2D eigenvalue weighted by Crippen LogP contribution is -1.95. The van der Waals surface area contributed by atoms with Crippen LogP contribution in [0, 0.1) is 13.8 Å². The molecule has 0 bridgehead atoms. The van der Waals surface area contributed by atoms with Crippen molar-refractivity contribution < 1.29 is 13.9 Å². The van der Waals surface area contributed by atoms with E-state index in [0.29, 0.717) is 5.75 Å². The van der Waals surface area contributed by atoms with Gasteiger partial charge in [0.05, 0.1) is 7.11 Å². The fourth-order valence-electron chi connectivity index (χ4n) is 1.20. The topological polar surface area (TPSA) is 18.5 Å². The molecule has 1 rings (SSSR count). The Bertz CT molecular complexity index is 297. The highest BCUT2D eigenvalue weighted by Gasteiger charge is 2.04. The van der Waals surface area contributed by atoms with E-state index in [-0.39, 0.29) is 0 Å². The zero-order chi connectivity index (χ0) is 9.84. The van der Waals surface area contributed by atoms with Crippen LogP contribution in [-0.4, -0.2) is 14.0 Å². The van der Waals surface area contributed by atoms with E-state index < -0.39 is 6.86 Å². The molecule has 0 saturated heterocycles. The van der Waals surface area contributed by atoms with Crippen LogP contribution in [0.2, 0.25) is 0 Å². The number of benzene rings is 1. The van der Waals surface area contributed by atoms with Crippen LogP contribution in [0.4, 0.5) is 4.39 Å². The highest BCUT2D eigenvalue weighted by molar-refractivity contribution is 5.45. The molecule has 3 heteroatoms. The average molecular weight is 184 g/mol. The quantitative estimate of drug-likeness (QED) is 0.718. The maximum absolute atomic E-state index is 11.9. The van der Waals surface area contributed by atoms with Gasteiger partial charge in [-0.05, 0) is 37.1 Å². The van der Waals surface area contributed by atoms with Crippen molar-refractivity contribution in [3.8, 4) is 11.5 Å². The second-order valence-electron chi connectivity index (χ2n) is 2.84. The second kappa shape index (κ2) is 4.12. The number of ether oxygens (including phenoxy) is 2. The first-order valence-corrected chi connectivity index (χ1v) is 4.03. The van der Waals surface area contributed by atoms with Crippen LogP contribution < -0.4 is 9.47 Å². The molecule has 0 radical (unpaired) electrons. The zero-order valence-electron chi connectivity index (χ0n) is 8.06. The van der Waals surface area contributed by atoms with Gasteiger partial charge in [0.1, 0.15) is 11.5 Å². The van der Waals surface area contributed by atoms with Crippen molar-refractivity contribution >= 4 is 0 Å². The lowest BCUT2D eigenvalue weighted by atomic mass is 10.1. The van der Waals surface area contributed by atoms with E-state index in [1.54, 1.807) is 13.2 Å². The van der Waals surface area contributed by atoms with Crippen LogP contribution in [0.3, 0.4) is 0 Å². The minimum atomic E-state index is -0.799. The first kappa shape index (κ1) is 9.84. The van der Waals surface area contributed by atoms with E-state index in [1.165, 1.54) is 0 Å². The minimum Gasteiger partial charge on any atom is -0.496 e. The SMILES string of the molecule is COc1cc(C)c(OCF)cc1C. The third kappa shape index (κ3) is 2.11. The Balaban J connectivity index is 3.05. The molecule has 0 fully saturated rings. The van der Waals surface area contributed by atoms with Gasteiger partial charge < -0.3 is 9.47 Å². The third-order valence-corrected chi connectivity index (χ3v) is 1.90. The number of aryl methyl sites for hydroxylation is 2. The molecular weight excluding hydrogens is 171 g/mol. The highest BCUT2D eigenvalue weighted by Crippen LogP contribution is 2.27. The van der Waals surface area contributed by atoms with Crippen LogP contribution in [-0.2, 0) is 0 Å². The van der Waals surface area contributed by atoms with Crippen molar-refractivity contribution in [2.75, 3.05) is 14.0 Å². The van der Waals surface area contributed by atoms with Gasteiger partial charge in [-0.3, -0.25) is 0 Å². The average Bonchev–Trinajstić information content (AvgIpc) is 2.11. The van der Waals surface area contributed by atoms with Crippen LogP contribution in [0.15, 0.2) is 12.1 Å². The van der Waals surface area contributed by atoms with Gasteiger partial charge in [0.15, 0.2) is 0 Å². The van der Waals surface area contributed by atoms with E-state index in [9.17, 15) is 4.39 Å². The summed E-state index contributed by atoms with van der Waals surface area (Å²) in [5.41, 5.74) is 1.82. The Morgan fingerprint density at radius 1 is 1.15 bits per heavy atom. The van der Waals surface area contributed by atoms with Crippen molar-refractivity contribution in [3.63, 3.8) is 0 Å². The van der Waals surface area contributed by atoms with Crippen molar-refractivity contribution in [3.05, 3.63) is 23.3 Å². The molecule has 0 aliphatic carbocycles. The molecule has 0 aliphatic heterocycles. The molecule has 0 saturated carbocycles. The lowest BCUT2D eigenvalue weighted by molar-refractivity contribution is 0.190. The monoisotopic (exact) mass is 184 g/mol. The lowest BCUT2D eigenvalue weighted by Gasteiger charge is -2.10. The van der Waals surface area contributed by atoms with E-state index in [0.717, 1.165) is 16.9 Å². The molecule has 0 unspecified atom stereocenters. The standard InChI is InChI=1S/C10H13FO2/c1-7-5-10(13-6-11)8(2)4-9(7)12-3/h4-5H,6H2,1-3H3. The third-order valence-electron chi connectivity index (χ3n) is 1.90. The summed E-state index contributed by atoms with van der Waals surface area (Å²) in [6.45, 7) is 2.95. The van der Waals surface area contributed by atoms with Gasteiger partial charge in [0.2, 0.25) is 6.86 Å². The van der Waals surface area contributed by atoms with Gasteiger partial charge in [-0.15, -0.1) is 0 Å². The van der Waals surface area contributed by atoms with Crippen molar-refractivity contribution in [2.45, 2.75) is 13.8 Å². The Morgan fingerprint density at radius 2 is 1.69 bits per heavy atom. The molecule has 13 heavy (non-hydrogen) atoms. The molecular formula is C10H13FO2. The van der Waals surface area contributed by atoms with Crippen molar-refractivity contribution in [1.29, 1.82) is 0 Å². The molecule has 72 valence electrons. The summed E-state index contributed by atoms with van der Waals surface area (Å²) in [5.74, 6) is 1.37. The Morgan fingerprint density at radius 3 is 2.23 bits per heavy atom. The first-order chi connectivity index (χ1) is 6.19. The highest BCUT2D eigenvalue weighted by atomic mass is 19.1. The van der Waals surface area contributed by atoms with E-state index in [4.69, 9.17) is 9.47 Å². The van der Waals surface area contributed by atoms with Crippen LogP contribution in [0.1, 0.15) is 11.1 Å². The number of halogens is 1. The molecule has 0 N–H and O–H groups in total. The van der Waals surface area contributed by atoms with Crippen molar-refractivity contribution in [2.24, 2.45) is 0 Å². The molecule has 0 atom stereocenters. The second-order valence-corrected chi connectivity index (χ2v) is 2.84. The largest absolute Gasteiger partial charge is 0.496 e. The fourth-order valence-corrected chi connectivity index (χ4v) is 1.20. The normalized spacial score (nSPS) is 9.85. The number of hydrogen-bond acceptors (Lipinski definition) is 2.